The Hall–Kier alpha value is -1.22. The van der Waals surface area contributed by atoms with E-state index in [1.165, 1.54) is 0 Å². The van der Waals surface area contributed by atoms with E-state index in [2.05, 4.69) is 23.9 Å². The molecule has 0 N–H and O–H groups in total. The summed E-state index contributed by atoms with van der Waals surface area (Å²) in [7, 11) is 0. The summed E-state index contributed by atoms with van der Waals surface area (Å²) in [6.07, 6.45) is 1.19. The molecule has 0 bridgehead atoms. The Labute approximate surface area is 102 Å². The summed E-state index contributed by atoms with van der Waals surface area (Å²) < 4.78 is 5.35. The zero-order valence-electron chi connectivity index (χ0n) is 11.0. The van der Waals surface area contributed by atoms with E-state index in [4.69, 9.17) is 10.3 Å². The van der Waals surface area contributed by atoms with Gasteiger partial charge in [0.1, 0.15) is 6.10 Å². The molecule has 1 aliphatic rings. The van der Waals surface area contributed by atoms with E-state index in [-0.39, 0.29) is 30.0 Å². The number of azide groups is 1. The topological polar surface area (TPSA) is 75.1 Å². The molecule has 96 valence electrons. The second-order valence-corrected chi connectivity index (χ2v) is 5.46. The molecule has 0 aliphatic carbocycles. The fraction of sp³-hybridized carbons (Fsp3) is 0.917. The zero-order chi connectivity index (χ0) is 13.0. The smallest absolute Gasteiger partial charge is 0.309 e. The van der Waals surface area contributed by atoms with Gasteiger partial charge in [0.25, 0.3) is 0 Å². The molecule has 3 atom stereocenters. The Balaban J connectivity index is 2.71. The standard InChI is InChI=1S/C12H21N3O2/c1-7(2)5-10(14-15-13)11-6-9(8(3)4)12(16)17-11/h7-11H,5-6H2,1-4H3. The van der Waals surface area contributed by atoms with Gasteiger partial charge in [-0.15, -0.1) is 0 Å². The Morgan fingerprint density at radius 1 is 1.47 bits per heavy atom. The molecule has 5 nitrogen and oxygen atoms in total. The molecule has 1 rings (SSSR count). The van der Waals surface area contributed by atoms with Crippen LogP contribution in [0.5, 0.6) is 0 Å². The van der Waals surface area contributed by atoms with Crippen molar-refractivity contribution in [2.45, 2.75) is 52.7 Å². The molecule has 5 heteroatoms. The predicted octanol–water partition coefficient (Wildman–Crippen LogP) is 3.30. The van der Waals surface area contributed by atoms with Crippen LogP contribution in [0.2, 0.25) is 0 Å². The zero-order valence-corrected chi connectivity index (χ0v) is 11.0. The molecular weight excluding hydrogens is 218 g/mol. The molecule has 3 unspecified atom stereocenters. The Morgan fingerprint density at radius 3 is 2.53 bits per heavy atom. The normalized spacial score (nSPS) is 25.9. The number of hydrogen-bond donors (Lipinski definition) is 0. The molecule has 0 amide bonds. The van der Waals surface area contributed by atoms with Crippen LogP contribution in [-0.2, 0) is 9.53 Å². The van der Waals surface area contributed by atoms with Gasteiger partial charge in [-0.2, -0.15) is 0 Å². The maximum atomic E-state index is 11.7. The van der Waals surface area contributed by atoms with E-state index >= 15 is 0 Å². The van der Waals surface area contributed by atoms with Crippen molar-refractivity contribution in [3.05, 3.63) is 10.4 Å². The molecule has 1 fully saturated rings. The third-order valence-corrected chi connectivity index (χ3v) is 3.20. The van der Waals surface area contributed by atoms with Crippen LogP contribution in [0.15, 0.2) is 5.11 Å². The average Bonchev–Trinajstić information content (AvgIpc) is 2.59. The fourth-order valence-corrected chi connectivity index (χ4v) is 2.23. The van der Waals surface area contributed by atoms with Gasteiger partial charge in [0.05, 0.1) is 12.0 Å². The summed E-state index contributed by atoms with van der Waals surface area (Å²) in [5, 5.41) is 3.78. The second kappa shape index (κ2) is 5.92. The number of carbonyl (C=O) groups excluding carboxylic acids is 1. The van der Waals surface area contributed by atoms with E-state index < -0.39 is 0 Å². The Bertz CT molecular complexity index is 322. The van der Waals surface area contributed by atoms with E-state index in [1.54, 1.807) is 0 Å². The van der Waals surface area contributed by atoms with Gasteiger partial charge in [-0.05, 0) is 30.2 Å². The van der Waals surface area contributed by atoms with Crippen molar-refractivity contribution in [2.75, 3.05) is 0 Å². The predicted molar refractivity (Wildman–Crippen MR) is 65.2 cm³/mol. The minimum Gasteiger partial charge on any atom is -0.462 e. The van der Waals surface area contributed by atoms with Crippen LogP contribution >= 0.6 is 0 Å². The number of esters is 1. The van der Waals surface area contributed by atoms with Crippen LogP contribution in [-0.4, -0.2) is 18.1 Å². The quantitative estimate of drug-likeness (QED) is 0.319. The molecule has 1 saturated heterocycles. The van der Waals surface area contributed by atoms with Crippen molar-refractivity contribution >= 4 is 5.97 Å². The third-order valence-electron chi connectivity index (χ3n) is 3.20. The molecule has 0 aromatic carbocycles. The highest BCUT2D eigenvalue weighted by atomic mass is 16.6. The first-order valence-electron chi connectivity index (χ1n) is 6.20. The van der Waals surface area contributed by atoms with Crippen LogP contribution in [0.1, 0.15) is 40.5 Å². The van der Waals surface area contributed by atoms with E-state index in [0.29, 0.717) is 12.3 Å². The summed E-state index contributed by atoms with van der Waals surface area (Å²) in [5.41, 5.74) is 8.57. The lowest BCUT2D eigenvalue weighted by atomic mass is 9.89. The first-order valence-corrected chi connectivity index (χ1v) is 6.20. The van der Waals surface area contributed by atoms with Crippen molar-refractivity contribution in [3.63, 3.8) is 0 Å². The lowest BCUT2D eigenvalue weighted by Gasteiger charge is -2.19. The van der Waals surface area contributed by atoms with Gasteiger partial charge in [0, 0.05) is 4.91 Å². The fourth-order valence-electron chi connectivity index (χ4n) is 2.23. The van der Waals surface area contributed by atoms with Gasteiger partial charge >= 0.3 is 5.97 Å². The van der Waals surface area contributed by atoms with Gasteiger partial charge in [0.15, 0.2) is 0 Å². The summed E-state index contributed by atoms with van der Waals surface area (Å²) in [6.45, 7) is 8.16. The van der Waals surface area contributed by atoms with Crippen molar-refractivity contribution in [1.82, 2.24) is 0 Å². The first kappa shape index (κ1) is 13.8. The lowest BCUT2D eigenvalue weighted by Crippen LogP contribution is -2.25. The SMILES string of the molecule is CC(C)CC(N=[N+]=[N-])C1CC(C(C)C)C(=O)O1. The molecule has 0 aromatic heterocycles. The van der Waals surface area contributed by atoms with E-state index in [0.717, 1.165) is 6.42 Å². The highest BCUT2D eigenvalue weighted by Crippen LogP contribution is 2.32. The van der Waals surface area contributed by atoms with Crippen molar-refractivity contribution in [2.24, 2.45) is 22.9 Å². The highest BCUT2D eigenvalue weighted by molar-refractivity contribution is 5.75. The van der Waals surface area contributed by atoms with Gasteiger partial charge in [-0.3, -0.25) is 4.79 Å². The first-order chi connectivity index (χ1) is 7.95. The van der Waals surface area contributed by atoms with E-state index in [9.17, 15) is 4.79 Å². The summed E-state index contributed by atoms with van der Waals surface area (Å²) >= 11 is 0. The van der Waals surface area contributed by atoms with Crippen LogP contribution < -0.4 is 0 Å². The number of hydrogen-bond acceptors (Lipinski definition) is 3. The minimum absolute atomic E-state index is 0.0523. The van der Waals surface area contributed by atoms with E-state index in [1.807, 2.05) is 13.8 Å². The second-order valence-electron chi connectivity index (χ2n) is 5.46. The van der Waals surface area contributed by atoms with Gasteiger partial charge < -0.3 is 4.74 Å². The maximum absolute atomic E-state index is 11.7. The third kappa shape index (κ3) is 3.63. The van der Waals surface area contributed by atoms with Crippen LogP contribution in [0, 0.1) is 17.8 Å². The molecule has 0 aromatic rings. The average molecular weight is 239 g/mol. The molecule has 0 spiro atoms. The summed E-state index contributed by atoms with van der Waals surface area (Å²) in [5.74, 6) is 0.496. The lowest BCUT2D eigenvalue weighted by molar-refractivity contribution is -0.145. The van der Waals surface area contributed by atoms with Gasteiger partial charge in [0.2, 0.25) is 0 Å². The number of carbonyl (C=O) groups is 1. The van der Waals surface area contributed by atoms with Crippen LogP contribution in [0.3, 0.4) is 0 Å². The number of ether oxygens (including phenoxy) is 1. The van der Waals surface area contributed by atoms with Crippen LogP contribution in [0.4, 0.5) is 0 Å². The Kier molecular flexibility index (Phi) is 4.82. The maximum Gasteiger partial charge on any atom is 0.309 e. The van der Waals surface area contributed by atoms with Crippen molar-refractivity contribution < 1.29 is 9.53 Å². The highest BCUT2D eigenvalue weighted by Gasteiger charge is 2.39. The molecule has 1 aliphatic heterocycles. The van der Waals surface area contributed by atoms with Gasteiger partial charge in [-0.1, -0.05) is 32.8 Å². The van der Waals surface area contributed by atoms with Crippen LogP contribution in [0.25, 0.3) is 10.4 Å². The van der Waals surface area contributed by atoms with Crippen molar-refractivity contribution in [1.29, 1.82) is 0 Å². The number of cyclic esters (lactones) is 1. The number of rotatable bonds is 5. The minimum atomic E-state index is -0.242. The largest absolute Gasteiger partial charge is 0.462 e. The summed E-state index contributed by atoms with van der Waals surface area (Å²) in [6, 6.07) is -0.229. The molecule has 17 heavy (non-hydrogen) atoms. The Morgan fingerprint density at radius 2 is 2.12 bits per heavy atom. The molecule has 0 radical (unpaired) electrons. The van der Waals surface area contributed by atoms with Gasteiger partial charge in [-0.25, -0.2) is 0 Å². The summed E-state index contributed by atoms with van der Waals surface area (Å²) in [4.78, 5) is 14.5. The molecular formula is C12H21N3O2. The number of nitrogens with zero attached hydrogens (tertiary/aromatic N) is 3. The van der Waals surface area contributed by atoms with Crippen molar-refractivity contribution in [3.8, 4) is 0 Å². The molecule has 0 saturated carbocycles. The monoisotopic (exact) mass is 239 g/mol. The molecule has 1 heterocycles.